The summed E-state index contributed by atoms with van der Waals surface area (Å²) in [6.07, 6.45) is 1.66. The fourth-order valence-electron chi connectivity index (χ4n) is 2.86. The molecule has 0 aliphatic carbocycles. The third-order valence-corrected chi connectivity index (χ3v) is 4.25. The van der Waals surface area contributed by atoms with E-state index in [4.69, 9.17) is 13.9 Å². The van der Waals surface area contributed by atoms with E-state index in [9.17, 15) is 0 Å². The van der Waals surface area contributed by atoms with Gasteiger partial charge in [0.2, 0.25) is 5.89 Å². The molecule has 0 amide bonds. The van der Waals surface area contributed by atoms with Crippen LogP contribution in [0.5, 0.6) is 11.5 Å². The van der Waals surface area contributed by atoms with Crippen molar-refractivity contribution in [1.29, 1.82) is 0 Å². The fraction of sp³-hybridized carbons (Fsp3) is 0.273. The number of aromatic nitrogens is 1. The Morgan fingerprint density at radius 1 is 1.03 bits per heavy atom. The van der Waals surface area contributed by atoms with E-state index in [1.165, 1.54) is 0 Å². The zero-order chi connectivity index (χ0) is 20.5. The second-order valence-electron chi connectivity index (χ2n) is 6.21. The molecule has 0 spiro atoms. The average Bonchev–Trinajstić information content (AvgIpc) is 3.25. The Morgan fingerprint density at radius 2 is 1.83 bits per heavy atom. The number of rotatable bonds is 8. The Balaban J connectivity index is 0.00000320. The van der Waals surface area contributed by atoms with Crippen LogP contribution in [0.2, 0.25) is 0 Å². The van der Waals surface area contributed by atoms with Gasteiger partial charge in [0, 0.05) is 17.7 Å². The molecule has 1 heterocycles. The van der Waals surface area contributed by atoms with Crippen LogP contribution < -0.4 is 20.1 Å². The van der Waals surface area contributed by atoms with Crippen molar-refractivity contribution in [3.63, 3.8) is 0 Å². The minimum absolute atomic E-state index is 0. The van der Waals surface area contributed by atoms with Crippen LogP contribution >= 0.6 is 24.0 Å². The van der Waals surface area contributed by atoms with Crippen molar-refractivity contribution in [2.24, 2.45) is 4.99 Å². The summed E-state index contributed by atoms with van der Waals surface area (Å²) in [7, 11) is 3.25. The fourth-order valence-corrected chi connectivity index (χ4v) is 2.86. The number of methoxy groups -OCH3 is 2. The Labute approximate surface area is 193 Å². The molecular weight excluding hydrogens is 495 g/mol. The van der Waals surface area contributed by atoms with Gasteiger partial charge in [-0.3, -0.25) is 0 Å². The molecule has 8 heteroatoms. The summed E-state index contributed by atoms with van der Waals surface area (Å²) < 4.78 is 16.4. The number of nitrogens with one attached hydrogen (secondary N) is 2. The van der Waals surface area contributed by atoms with Crippen molar-refractivity contribution in [2.75, 3.05) is 20.8 Å². The van der Waals surface area contributed by atoms with Crippen molar-refractivity contribution in [1.82, 2.24) is 15.6 Å². The first-order valence-electron chi connectivity index (χ1n) is 9.47. The standard InChI is InChI=1S/C22H26N4O3.HI/c1-4-23-22(24-13-17-11-8-12-19(27-2)20(17)28-3)25-14-18-15-29-21(26-18)16-9-6-5-7-10-16;/h5-12,15H,4,13-14H2,1-3H3,(H2,23,24,25);1H. The number of guanidine groups is 1. The lowest BCUT2D eigenvalue weighted by Crippen LogP contribution is -2.36. The lowest BCUT2D eigenvalue weighted by molar-refractivity contribution is 0.352. The molecule has 0 fully saturated rings. The zero-order valence-electron chi connectivity index (χ0n) is 17.3. The summed E-state index contributed by atoms with van der Waals surface area (Å²) in [5.74, 6) is 2.67. The lowest BCUT2D eigenvalue weighted by Gasteiger charge is -2.13. The average molecular weight is 522 g/mol. The van der Waals surface area contributed by atoms with Crippen molar-refractivity contribution in [3.05, 3.63) is 66.1 Å². The Bertz CT molecular complexity index is 945. The quantitative estimate of drug-likeness (QED) is 0.262. The summed E-state index contributed by atoms with van der Waals surface area (Å²) >= 11 is 0. The lowest BCUT2D eigenvalue weighted by atomic mass is 10.2. The van der Waals surface area contributed by atoms with Crippen LogP contribution in [-0.4, -0.2) is 31.7 Å². The first-order valence-corrected chi connectivity index (χ1v) is 9.47. The van der Waals surface area contributed by atoms with Gasteiger partial charge < -0.3 is 24.5 Å². The van der Waals surface area contributed by atoms with E-state index in [1.54, 1.807) is 20.5 Å². The van der Waals surface area contributed by atoms with Crippen LogP contribution in [0.25, 0.3) is 11.5 Å². The third kappa shape index (κ3) is 6.12. The second kappa shape index (κ2) is 12.1. The van der Waals surface area contributed by atoms with Gasteiger partial charge in [-0.15, -0.1) is 24.0 Å². The summed E-state index contributed by atoms with van der Waals surface area (Å²) in [5, 5.41) is 6.52. The number of halogens is 1. The molecule has 2 aromatic carbocycles. The van der Waals surface area contributed by atoms with E-state index in [1.807, 2.05) is 55.5 Å². The zero-order valence-corrected chi connectivity index (χ0v) is 19.7. The van der Waals surface area contributed by atoms with E-state index in [-0.39, 0.29) is 24.0 Å². The maximum Gasteiger partial charge on any atom is 0.226 e. The van der Waals surface area contributed by atoms with Crippen molar-refractivity contribution >= 4 is 29.9 Å². The van der Waals surface area contributed by atoms with E-state index in [0.29, 0.717) is 36.4 Å². The van der Waals surface area contributed by atoms with Crippen LogP contribution in [0, 0.1) is 0 Å². The number of aliphatic imine (C=N–C) groups is 1. The highest BCUT2D eigenvalue weighted by Crippen LogP contribution is 2.31. The maximum absolute atomic E-state index is 5.59. The highest BCUT2D eigenvalue weighted by molar-refractivity contribution is 14.0. The van der Waals surface area contributed by atoms with Gasteiger partial charge in [0.15, 0.2) is 17.5 Å². The SMILES string of the molecule is CCNC(=NCc1cccc(OC)c1OC)NCc1coc(-c2ccccc2)n1.I. The molecule has 0 unspecified atom stereocenters. The van der Waals surface area contributed by atoms with E-state index in [2.05, 4.69) is 20.6 Å². The van der Waals surface area contributed by atoms with Crippen molar-refractivity contribution in [2.45, 2.75) is 20.0 Å². The normalized spacial score (nSPS) is 10.8. The topological polar surface area (TPSA) is 80.9 Å². The van der Waals surface area contributed by atoms with Crippen molar-refractivity contribution < 1.29 is 13.9 Å². The molecule has 0 aliphatic rings. The predicted octanol–water partition coefficient (Wildman–Crippen LogP) is 4.23. The molecule has 30 heavy (non-hydrogen) atoms. The minimum atomic E-state index is 0. The molecule has 3 rings (SSSR count). The Morgan fingerprint density at radius 3 is 2.53 bits per heavy atom. The number of nitrogens with zero attached hydrogens (tertiary/aromatic N) is 2. The van der Waals surface area contributed by atoms with Crippen molar-refractivity contribution in [3.8, 4) is 23.0 Å². The number of hydrogen-bond acceptors (Lipinski definition) is 5. The first kappa shape index (κ1) is 23.5. The summed E-state index contributed by atoms with van der Waals surface area (Å²) in [6, 6.07) is 15.6. The van der Waals surface area contributed by atoms with E-state index < -0.39 is 0 Å². The van der Waals surface area contributed by atoms with Crippen LogP contribution in [0.4, 0.5) is 0 Å². The molecule has 0 atom stereocenters. The summed E-state index contributed by atoms with van der Waals surface area (Å²) in [6.45, 7) is 3.71. The molecule has 0 saturated heterocycles. The molecular formula is C22H27IN4O3. The van der Waals surface area contributed by atoms with Gasteiger partial charge in [-0.25, -0.2) is 9.98 Å². The molecule has 2 N–H and O–H groups in total. The van der Waals surface area contributed by atoms with Gasteiger partial charge in [0.1, 0.15) is 6.26 Å². The van der Waals surface area contributed by atoms with Crippen LogP contribution in [0.1, 0.15) is 18.2 Å². The highest BCUT2D eigenvalue weighted by atomic mass is 127. The van der Waals surface area contributed by atoms with Gasteiger partial charge in [-0.1, -0.05) is 30.3 Å². The Hall–Kier alpha value is -2.75. The van der Waals surface area contributed by atoms with Crippen LogP contribution in [0.15, 0.2) is 64.2 Å². The number of hydrogen-bond donors (Lipinski definition) is 2. The molecule has 0 bridgehead atoms. The first-order chi connectivity index (χ1) is 14.2. The van der Waals surface area contributed by atoms with Gasteiger partial charge in [-0.05, 0) is 25.1 Å². The van der Waals surface area contributed by atoms with Gasteiger partial charge in [0.25, 0.3) is 0 Å². The number of oxazole rings is 1. The van der Waals surface area contributed by atoms with E-state index >= 15 is 0 Å². The molecule has 0 aliphatic heterocycles. The number of para-hydroxylation sites is 1. The van der Waals surface area contributed by atoms with Crippen LogP contribution in [0.3, 0.4) is 0 Å². The largest absolute Gasteiger partial charge is 0.493 e. The van der Waals surface area contributed by atoms with Crippen LogP contribution in [-0.2, 0) is 13.1 Å². The summed E-state index contributed by atoms with van der Waals surface area (Å²) in [4.78, 5) is 9.18. The Kier molecular flexibility index (Phi) is 9.46. The van der Waals surface area contributed by atoms with Gasteiger partial charge in [0.05, 0.1) is 33.0 Å². The molecule has 0 saturated carbocycles. The highest BCUT2D eigenvalue weighted by Gasteiger charge is 2.10. The van der Waals surface area contributed by atoms with Gasteiger partial charge in [-0.2, -0.15) is 0 Å². The number of ether oxygens (including phenoxy) is 2. The predicted molar refractivity (Wildman–Crippen MR) is 129 cm³/mol. The minimum Gasteiger partial charge on any atom is -0.493 e. The molecule has 7 nitrogen and oxygen atoms in total. The maximum atomic E-state index is 5.59. The smallest absolute Gasteiger partial charge is 0.226 e. The summed E-state index contributed by atoms with van der Waals surface area (Å²) in [5.41, 5.74) is 2.69. The molecule has 160 valence electrons. The van der Waals surface area contributed by atoms with E-state index in [0.717, 1.165) is 23.4 Å². The number of benzene rings is 2. The molecule has 1 aromatic heterocycles. The second-order valence-corrected chi connectivity index (χ2v) is 6.21. The monoisotopic (exact) mass is 522 g/mol. The molecule has 0 radical (unpaired) electrons. The molecule has 3 aromatic rings. The third-order valence-electron chi connectivity index (χ3n) is 4.25. The van der Waals surface area contributed by atoms with Gasteiger partial charge >= 0.3 is 0 Å².